The van der Waals surface area contributed by atoms with Gasteiger partial charge in [0.2, 0.25) is 0 Å². The Morgan fingerprint density at radius 1 is 1.24 bits per heavy atom. The highest BCUT2D eigenvalue weighted by Gasteiger charge is 2.11. The van der Waals surface area contributed by atoms with Crippen LogP contribution in [0.2, 0.25) is 0 Å². The number of carboxylic acids is 1. The van der Waals surface area contributed by atoms with Gasteiger partial charge in [0.05, 0.1) is 5.56 Å². The lowest BCUT2D eigenvalue weighted by Gasteiger charge is -2.07. The van der Waals surface area contributed by atoms with Crippen LogP contribution < -0.4 is 0 Å². The van der Waals surface area contributed by atoms with E-state index in [1.54, 1.807) is 12.3 Å². The highest BCUT2D eigenvalue weighted by Crippen LogP contribution is 2.17. The van der Waals surface area contributed by atoms with Gasteiger partial charge in [0.1, 0.15) is 0 Å². The van der Waals surface area contributed by atoms with Crippen molar-refractivity contribution in [2.45, 2.75) is 20.3 Å². The average molecular weight is 229 g/mol. The minimum Gasteiger partial charge on any atom is -0.478 e. The molecule has 0 atom stereocenters. The average Bonchev–Trinajstić information content (AvgIpc) is 2.71. The first-order valence-electron chi connectivity index (χ1n) is 5.64. The van der Waals surface area contributed by atoms with Crippen molar-refractivity contribution in [2.75, 3.05) is 0 Å². The molecule has 0 aliphatic heterocycles. The van der Waals surface area contributed by atoms with Gasteiger partial charge in [-0.05, 0) is 37.1 Å². The summed E-state index contributed by atoms with van der Waals surface area (Å²) in [6.07, 6.45) is 2.80. The molecule has 17 heavy (non-hydrogen) atoms. The summed E-state index contributed by atoms with van der Waals surface area (Å²) in [6.45, 7) is 3.93. The van der Waals surface area contributed by atoms with E-state index >= 15 is 0 Å². The Kier molecular flexibility index (Phi) is 3.00. The second-order valence-electron chi connectivity index (χ2n) is 4.01. The molecule has 1 N–H and O–H groups in total. The molecule has 88 valence electrons. The van der Waals surface area contributed by atoms with Gasteiger partial charge in [0.25, 0.3) is 0 Å². The molecule has 1 aromatic carbocycles. The van der Waals surface area contributed by atoms with Crippen LogP contribution in [-0.4, -0.2) is 15.6 Å². The molecule has 1 heterocycles. The Morgan fingerprint density at radius 2 is 1.88 bits per heavy atom. The molecule has 0 amide bonds. The van der Waals surface area contributed by atoms with Gasteiger partial charge < -0.3 is 9.67 Å². The van der Waals surface area contributed by atoms with Gasteiger partial charge in [0, 0.05) is 17.6 Å². The molecule has 0 spiro atoms. The summed E-state index contributed by atoms with van der Waals surface area (Å²) in [7, 11) is 0. The van der Waals surface area contributed by atoms with Gasteiger partial charge in [-0.25, -0.2) is 4.79 Å². The second kappa shape index (κ2) is 4.45. The maximum atomic E-state index is 11.0. The molecular formula is C14H15NO2. The molecule has 0 saturated carbocycles. The maximum Gasteiger partial charge on any atom is 0.337 e. The smallest absolute Gasteiger partial charge is 0.337 e. The molecule has 2 rings (SSSR count). The molecular weight excluding hydrogens is 214 g/mol. The summed E-state index contributed by atoms with van der Waals surface area (Å²) in [6, 6.07) is 9.78. The van der Waals surface area contributed by atoms with Crippen LogP contribution in [0.25, 0.3) is 5.69 Å². The van der Waals surface area contributed by atoms with E-state index in [1.807, 2.05) is 23.6 Å². The molecule has 3 nitrogen and oxygen atoms in total. The highest BCUT2D eigenvalue weighted by atomic mass is 16.4. The summed E-state index contributed by atoms with van der Waals surface area (Å²) < 4.78 is 1.89. The number of carboxylic acid groups (broad SMARTS) is 1. The fourth-order valence-electron chi connectivity index (χ4n) is 1.91. The predicted molar refractivity (Wildman–Crippen MR) is 66.8 cm³/mol. The van der Waals surface area contributed by atoms with Crippen LogP contribution in [-0.2, 0) is 6.42 Å². The number of aromatic carboxylic acids is 1. The molecule has 0 radical (unpaired) electrons. The zero-order valence-electron chi connectivity index (χ0n) is 9.97. The zero-order chi connectivity index (χ0) is 12.4. The van der Waals surface area contributed by atoms with Crippen molar-refractivity contribution in [3.63, 3.8) is 0 Å². The molecule has 3 heteroatoms. The summed E-state index contributed by atoms with van der Waals surface area (Å²) >= 11 is 0. The summed E-state index contributed by atoms with van der Waals surface area (Å²) in [5.41, 5.74) is 3.37. The molecule has 0 aliphatic rings. The SMILES string of the molecule is CCc1ccc(-n2ccc(C(=O)O)c2C)cc1. The van der Waals surface area contributed by atoms with Crippen LogP contribution in [0.4, 0.5) is 0 Å². The topological polar surface area (TPSA) is 42.2 Å². The van der Waals surface area contributed by atoms with E-state index in [1.165, 1.54) is 5.56 Å². The third kappa shape index (κ3) is 2.09. The standard InChI is InChI=1S/C14H15NO2/c1-3-11-4-6-12(7-5-11)15-9-8-13(10(15)2)14(16)17/h4-9H,3H2,1-2H3,(H,16,17). The highest BCUT2D eigenvalue weighted by molar-refractivity contribution is 5.89. The second-order valence-corrected chi connectivity index (χ2v) is 4.01. The molecule has 0 unspecified atom stereocenters. The summed E-state index contributed by atoms with van der Waals surface area (Å²) in [4.78, 5) is 11.0. The Balaban J connectivity index is 2.42. The lowest BCUT2D eigenvalue weighted by Crippen LogP contribution is -2.01. The quantitative estimate of drug-likeness (QED) is 0.879. The molecule has 2 aromatic rings. The van der Waals surface area contributed by atoms with Crippen molar-refractivity contribution in [3.05, 3.63) is 53.3 Å². The van der Waals surface area contributed by atoms with Gasteiger partial charge in [-0.15, -0.1) is 0 Å². The maximum absolute atomic E-state index is 11.0. The monoisotopic (exact) mass is 229 g/mol. The third-order valence-electron chi connectivity index (χ3n) is 2.99. The van der Waals surface area contributed by atoms with E-state index in [9.17, 15) is 4.79 Å². The number of aryl methyl sites for hydroxylation is 1. The summed E-state index contributed by atoms with van der Waals surface area (Å²) in [5, 5.41) is 8.99. The lowest BCUT2D eigenvalue weighted by molar-refractivity contribution is 0.0696. The van der Waals surface area contributed by atoms with Gasteiger partial charge in [0.15, 0.2) is 0 Å². The first-order valence-corrected chi connectivity index (χ1v) is 5.64. The van der Waals surface area contributed by atoms with E-state index in [4.69, 9.17) is 5.11 Å². The number of aromatic nitrogens is 1. The van der Waals surface area contributed by atoms with Crippen molar-refractivity contribution in [3.8, 4) is 5.69 Å². The van der Waals surface area contributed by atoms with Crippen LogP contribution in [0.1, 0.15) is 28.5 Å². The van der Waals surface area contributed by atoms with Crippen LogP contribution >= 0.6 is 0 Å². The fourth-order valence-corrected chi connectivity index (χ4v) is 1.91. The van der Waals surface area contributed by atoms with Crippen molar-refractivity contribution < 1.29 is 9.90 Å². The predicted octanol–water partition coefficient (Wildman–Crippen LogP) is 3.05. The normalized spacial score (nSPS) is 10.5. The molecule has 1 aromatic heterocycles. The summed E-state index contributed by atoms with van der Waals surface area (Å²) in [5.74, 6) is -0.883. The van der Waals surface area contributed by atoms with Crippen molar-refractivity contribution in [1.29, 1.82) is 0 Å². The van der Waals surface area contributed by atoms with Crippen molar-refractivity contribution in [2.24, 2.45) is 0 Å². The van der Waals surface area contributed by atoms with Gasteiger partial charge in [-0.3, -0.25) is 0 Å². The Labute approximate surface area is 100 Å². The van der Waals surface area contributed by atoms with E-state index < -0.39 is 5.97 Å². The van der Waals surface area contributed by atoms with Gasteiger partial charge >= 0.3 is 5.97 Å². The number of hydrogen-bond acceptors (Lipinski definition) is 1. The van der Waals surface area contributed by atoms with E-state index in [0.717, 1.165) is 17.8 Å². The Bertz CT molecular complexity index is 538. The van der Waals surface area contributed by atoms with E-state index in [0.29, 0.717) is 5.56 Å². The minimum absolute atomic E-state index is 0.351. The third-order valence-corrected chi connectivity index (χ3v) is 2.99. The van der Waals surface area contributed by atoms with Gasteiger partial charge in [-0.2, -0.15) is 0 Å². The molecule has 0 bridgehead atoms. The number of rotatable bonds is 3. The minimum atomic E-state index is -0.883. The Hall–Kier alpha value is -2.03. The first-order chi connectivity index (χ1) is 8.13. The lowest BCUT2D eigenvalue weighted by atomic mass is 10.1. The van der Waals surface area contributed by atoms with Crippen molar-refractivity contribution in [1.82, 2.24) is 4.57 Å². The first kappa shape index (κ1) is 11.5. The largest absolute Gasteiger partial charge is 0.478 e. The molecule has 0 fully saturated rings. The van der Waals surface area contributed by atoms with Crippen LogP contribution in [0, 0.1) is 6.92 Å². The molecule has 0 aliphatic carbocycles. The van der Waals surface area contributed by atoms with Gasteiger partial charge in [-0.1, -0.05) is 19.1 Å². The van der Waals surface area contributed by atoms with Crippen LogP contribution in [0.3, 0.4) is 0 Å². The molecule has 0 saturated heterocycles. The van der Waals surface area contributed by atoms with Crippen molar-refractivity contribution >= 4 is 5.97 Å². The Morgan fingerprint density at radius 3 is 2.35 bits per heavy atom. The number of carbonyl (C=O) groups is 1. The van der Waals surface area contributed by atoms with Crippen LogP contribution in [0.5, 0.6) is 0 Å². The number of hydrogen-bond donors (Lipinski definition) is 1. The zero-order valence-corrected chi connectivity index (χ0v) is 9.97. The van der Waals surface area contributed by atoms with E-state index in [2.05, 4.69) is 19.1 Å². The van der Waals surface area contributed by atoms with E-state index in [-0.39, 0.29) is 0 Å². The number of nitrogens with zero attached hydrogens (tertiary/aromatic N) is 1. The number of benzene rings is 1. The van der Waals surface area contributed by atoms with Crippen LogP contribution in [0.15, 0.2) is 36.5 Å². The fraction of sp³-hybridized carbons (Fsp3) is 0.214.